The van der Waals surface area contributed by atoms with Crippen LogP contribution >= 0.6 is 0 Å². The normalized spacial score (nSPS) is 14.4. The molecule has 0 unspecified atom stereocenters. The number of halogens is 10. The molecule has 1 aliphatic rings. The quantitative estimate of drug-likeness (QED) is 0.0870. The Labute approximate surface area is 254 Å². The Kier molecular flexibility index (Phi) is 8.71. The summed E-state index contributed by atoms with van der Waals surface area (Å²) in [5, 5.41) is 1.17. The van der Waals surface area contributed by atoms with Gasteiger partial charge in [-0.3, -0.25) is 0 Å². The first-order chi connectivity index (χ1) is 21.2. The Bertz CT molecular complexity index is 1830. The van der Waals surface area contributed by atoms with E-state index in [9.17, 15) is 26.3 Å². The summed E-state index contributed by atoms with van der Waals surface area (Å²) in [5.74, 6) is -22.7. The van der Waals surface area contributed by atoms with Crippen molar-refractivity contribution in [3.05, 3.63) is 141 Å². The summed E-state index contributed by atoms with van der Waals surface area (Å²) in [5.41, 5.74) is -4.12. The predicted molar refractivity (Wildman–Crippen MR) is 159 cm³/mol. The molecule has 1 aliphatic carbocycles. The summed E-state index contributed by atoms with van der Waals surface area (Å²) in [6, 6.07) is 17.4. The van der Waals surface area contributed by atoms with Crippen molar-refractivity contribution >= 4 is 50.2 Å². The Morgan fingerprint density at radius 1 is 0.489 bits per heavy atom. The van der Waals surface area contributed by atoms with Crippen molar-refractivity contribution in [3.8, 4) is 0 Å². The van der Waals surface area contributed by atoms with E-state index in [1.807, 2.05) is 0 Å². The summed E-state index contributed by atoms with van der Waals surface area (Å²) in [7, 11) is -5.34. The second kappa shape index (κ2) is 12.1. The maximum atomic E-state index is 15.5. The van der Waals surface area contributed by atoms with Crippen LogP contribution in [0, 0.1) is 58.2 Å². The van der Waals surface area contributed by atoms with E-state index in [0.717, 1.165) is 6.08 Å². The number of benzene rings is 4. The first-order valence-electron chi connectivity index (χ1n) is 13.4. The molecule has 0 fully saturated rings. The molecular formula is C32H20BF10Si2. The number of allylic oxidation sites excluding steroid dienone is 4. The van der Waals surface area contributed by atoms with Gasteiger partial charge in [-0.2, -0.15) is 0 Å². The molecule has 4 aromatic rings. The molecule has 0 aromatic heterocycles. The zero-order valence-electron chi connectivity index (χ0n) is 23.7. The fourth-order valence-electron chi connectivity index (χ4n) is 5.33. The van der Waals surface area contributed by atoms with Gasteiger partial charge in [0.2, 0.25) is 0 Å². The van der Waals surface area contributed by atoms with Gasteiger partial charge in [-0.05, 0) is 0 Å². The fourth-order valence-corrected chi connectivity index (χ4v) is 9.66. The van der Waals surface area contributed by atoms with E-state index in [2.05, 4.69) is 0 Å². The molecule has 0 amide bonds. The van der Waals surface area contributed by atoms with Crippen LogP contribution in [0.25, 0.3) is 11.1 Å². The molecule has 0 heterocycles. The van der Waals surface area contributed by atoms with Gasteiger partial charge in [0.25, 0.3) is 0 Å². The first kappa shape index (κ1) is 32.4. The van der Waals surface area contributed by atoms with Crippen LogP contribution in [0.15, 0.2) is 71.9 Å². The fraction of sp³-hybridized carbons (Fsp3) is 0.0938. The van der Waals surface area contributed by atoms with Crippen LogP contribution in [-0.2, 0) is 0 Å². The van der Waals surface area contributed by atoms with Gasteiger partial charge in [0.05, 0.1) is 0 Å². The third-order valence-electron chi connectivity index (χ3n) is 7.27. The van der Waals surface area contributed by atoms with E-state index in [-0.39, 0.29) is 10.7 Å². The van der Waals surface area contributed by atoms with Crippen LogP contribution in [-0.4, -0.2) is 28.7 Å². The molecular weight excluding hydrogens is 641 g/mol. The topological polar surface area (TPSA) is 0 Å². The molecule has 13 heteroatoms. The third kappa shape index (κ3) is 5.56. The predicted octanol–water partition coefficient (Wildman–Crippen LogP) is 7.49. The van der Waals surface area contributed by atoms with Crippen LogP contribution in [0.1, 0.15) is 11.1 Å². The van der Waals surface area contributed by atoms with Crippen LogP contribution in [0.4, 0.5) is 43.9 Å². The van der Waals surface area contributed by atoms with Crippen molar-refractivity contribution < 1.29 is 43.9 Å². The van der Waals surface area contributed by atoms with Gasteiger partial charge in [0.1, 0.15) is 0 Å². The summed E-state index contributed by atoms with van der Waals surface area (Å²) in [6.45, 7) is 6.12. The van der Waals surface area contributed by atoms with Crippen molar-refractivity contribution in [3.63, 3.8) is 0 Å². The Hall–Kier alpha value is -3.97. The number of hydrogen-bond acceptors (Lipinski definition) is 0. The number of rotatable bonds is 6. The van der Waals surface area contributed by atoms with Crippen molar-refractivity contribution in [1.29, 1.82) is 0 Å². The number of hydrogen-bond donors (Lipinski definition) is 0. The van der Waals surface area contributed by atoms with Crippen LogP contribution in [0.3, 0.4) is 0 Å². The summed E-state index contributed by atoms with van der Waals surface area (Å²) < 4.78 is 148. The van der Waals surface area contributed by atoms with Gasteiger partial charge in [-0.25, -0.2) is 0 Å². The van der Waals surface area contributed by atoms with Crippen LogP contribution in [0.5, 0.6) is 0 Å². The van der Waals surface area contributed by atoms with E-state index in [1.165, 1.54) is 26.2 Å². The Balaban J connectivity index is 1.97. The molecule has 0 atom stereocenters. The van der Waals surface area contributed by atoms with E-state index >= 15 is 17.6 Å². The monoisotopic (exact) mass is 661 g/mol. The minimum absolute atomic E-state index is 0.198. The average Bonchev–Trinajstić information content (AvgIpc) is 3.39. The van der Waals surface area contributed by atoms with Gasteiger partial charge in [-0.1, -0.05) is 0 Å². The zero-order chi connectivity index (χ0) is 33.0. The molecule has 45 heavy (non-hydrogen) atoms. The van der Waals surface area contributed by atoms with Gasteiger partial charge in [0.15, 0.2) is 0 Å². The summed E-state index contributed by atoms with van der Waals surface area (Å²) in [4.78, 5) is 0. The third-order valence-corrected chi connectivity index (χ3v) is 11.8. The van der Waals surface area contributed by atoms with Crippen molar-refractivity contribution in [2.45, 2.75) is 19.6 Å². The molecule has 1 radical (unpaired) electrons. The van der Waals surface area contributed by atoms with Crippen molar-refractivity contribution in [2.24, 2.45) is 0 Å². The molecule has 0 saturated heterocycles. The molecule has 4 aromatic carbocycles. The molecule has 0 nitrogen and oxygen atoms in total. The zero-order valence-corrected chi connectivity index (χ0v) is 25.7. The van der Waals surface area contributed by atoms with E-state index < -0.39 is 97.2 Å². The second-order valence-corrected chi connectivity index (χ2v) is 18.5. The van der Waals surface area contributed by atoms with Crippen molar-refractivity contribution in [2.75, 3.05) is 0 Å². The first-order valence-corrected chi connectivity index (χ1v) is 18.4. The summed E-state index contributed by atoms with van der Waals surface area (Å²) in [6.07, 6.45) is 0.996. The molecule has 5 rings (SSSR count). The molecule has 0 saturated carbocycles. The second-order valence-electron chi connectivity index (χ2n) is 11.2. The van der Waals surface area contributed by atoms with Gasteiger partial charge >= 0.3 is 255 Å². The molecule has 0 spiro atoms. The average molecular weight is 661 g/mol. The molecule has 229 valence electrons. The molecule has 0 bridgehead atoms. The van der Waals surface area contributed by atoms with Gasteiger partial charge in [-0.15, -0.1) is 0 Å². The van der Waals surface area contributed by atoms with Gasteiger partial charge < -0.3 is 0 Å². The van der Waals surface area contributed by atoms with Crippen LogP contribution < -0.4 is 10.4 Å². The Morgan fingerprint density at radius 3 is 1.22 bits per heavy atom. The standard InChI is InChI=1S/C32H20BF10Si2/c1-45(2,3)32-17(19-22(34)26(38)30(42)27(39)23(19)35)14-18(20(32)21-24(36)28(40)31(43)29(41)25(21)37)33-44(15-10-6-4-7-11-15)16-12-8-5-9-13-16/h4-14H,1-3H3. The van der Waals surface area contributed by atoms with E-state index in [4.69, 9.17) is 0 Å². The SMILES string of the molecule is C[Si](C)(C)C1=C(c2c(F)c(F)c(F)c(F)c2F)C(=B[Si](c2ccccc2)c2ccccc2)C=C1c1c(F)c(F)c(F)c(F)c1F. The summed E-state index contributed by atoms with van der Waals surface area (Å²) >= 11 is 0. The van der Waals surface area contributed by atoms with E-state index in [0.29, 0.717) is 10.4 Å². The van der Waals surface area contributed by atoms with Gasteiger partial charge in [0, 0.05) is 0 Å². The Morgan fingerprint density at radius 2 is 0.844 bits per heavy atom. The van der Waals surface area contributed by atoms with E-state index in [1.54, 1.807) is 60.7 Å². The molecule has 0 N–H and O–H groups in total. The maximum absolute atomic E-state index is 15.5. The molecule has 0 aliphatic heterocycles. The minimum atomic E-state index is -3.22. The van der Waals surface area contributed by atoms with Crippen molar-refractivity contribution in [1.82, 2.24) is 0 Å². The van der Waals surface area contributed by atoms with Crippen LogP contribution in [0.2, 0.25) is 19.6 Å².